The van der Waals surface area contributed by atoms with E-state index in [1.165, 1.54) is 20.9 Å². The molecule has 0 aliphatic carbocycles. The molecule has 0 aliphatic rings. The van der Waals surface area contributed by atoms with Gasteiger partial charge in [0.25, 0.3) is 11.1 Å². The molecular formula is C26H19N5O3S. The molecule has 2 aromatic heterocycles. The maximum absolute atomic E-state index is 13.6. The Morgan fingerprint density at radius 2 is 1.51 bits per heavy atom. The number of nitrogens with zero attached hydrogens (tertiary/aromatic N) is 5. The summed E-state index contributed by atoms with van der Waals surface area (Å²) in [6, 6.07) is 23.4. The highest BCUT2D eigenvalue weighted by molar-refractivity contribution is 7.98. The number of benzene rings is 3. The Hall–Kier alpha value is -4.42. The number of thioether (sulfide) groups is 1. The topological polar surface area (TPSA) is 103 Å². The molecule has 0 bridgehead atoms. The fourth-order valence-electron chi connectivity index (χ4n) is 3.92. The predicted molar refractivity (Wildman–Crippen MR) is 135 cm³/mol. The van der Waals surface area contributed by atoms with Gasteiger partial charge in [-0.25, -0.2) is 9.97 Å². The molecule has 0 fully saturated rings. The summed E-state index contributed by atoms with van der Waals surface area (Å²) in [7, 11) is 1.55. The summed E-state index contributed by atoms with van der Waals surface area (Å²) in [6.45, 7) is -0.128. The zero-order chi connectivity index (χ0) is 24.4. The number of methoxy groups -OCH3 is 1. The first-order valence-corrected chi connectivity index (χ1v) is 11.7. The van der Waals surface area contributed by atoms with Gasteiger partial charge in [0.1, 0.15) is 18.1 Å². The molecule has 3 aromatic carbocycles. The molecule has 0 atom stereocenters. The Morgan fingerprint density at radius 3 is 2.23 bits per heavy atom. The summed E-state index contributed by atoms with van der Waals surface area (Å²) in [5, 5.41) is 10.7. The Morgan fingerprint density at radius 1 is 0.886 bits per heavy atom. The van der Waals surface area contributed by atoms with Crippen LogP contribution in [0.4, 0.5) is 0 Å². The van der Waals surface area contributed by atoms with Crippen molar-refractivity contribution in [1.82, 2.24) is 19.1 Å². The van der Waals surface area contributed by atoms with Crippen molar-refractivity contribution in [1.29, 1.82) is 5.26 Å². The average Bonchev–Trinajstić information content (AvgIpc) is 2.89. The fourth-order valence-corrected chi connectivity index (χ4v) is 4.88. The minimum Gasteiger partial charge on any atom is -0.495 e. The van der Waals surface area contributed by atoms with Crippen molar-refractivity contribution < 1.29 is 4.74 Å². The molecule has 5 rings (SSSR count). The third kappa shape index (κ3) is 4.05. The van der Waals surface area contributed by atoms with Crippen LogP contribution in [0.1, 0.15) is 5.82 Å². The zero-order valence-corrected chi connectivity index (χ0v) is 19.5. The standard InChI is InChI=1S/C26H19N5O3S/c1-34-22-13-7-6-12-21(22)31-25(33)18-9-3-5-11-20(18)29-26(31)35-16-23-28-19-10-4-2-8-17(19)24(32)30(23)15-14-27/h2-13H,15-16H2,1H3. The second-order valence-electron chi connectivity index (χ2n) is 7.61. The molecular weight excluding hydrogens is 462 g/mol. The van der Waals surface area contributed by atoms with E-state index in [0.29, 0.717) is 44.2 Å². The Kier molecular flexibility index (Phi) is 6.04. The van der Waals surface area contributed by atoms with E-state index < -0.39 is 0 Å². The molecule has 8 nitrogen and oxygen atoms in total. The van der Waals surface area contributed by atoms with E-state index in [1.54, 1.807) is 55.6 Å². The van der Waals surface area contributed by atoms with Gasteiger partial charge in [-0.15, -0.1) is 0 Å². The molecule has 0 unspecified atom stereocenters. The minimum atomic E-state index is -0.277. The van der Waals surface area contributed by atoms with Gasteiger partial charge in [0.05, 0.1) is 46.4 Å². The summed E-state index contributed by atoms with van der Waals surface area (Å²) in [5.74, 6) is 1.18. The number of nitriles is 1. The van der Waals surface area contributed by atoms with Crippen molar-refractivity contribution >= 4 is 33.6 Å². The van der Waals surface area contributed by atoms with Crippen molar-refractivity contribution in [2.75, 3.05) is 7.11 Å². The van der Waals surface area contributed by atoms with E-state index in [9.17, 15) is 14.9 Å². The number of para-hydroxylation sites is 4. The Labute approximate surface area is 204 Å². The fraction of sp³-hybridized carbons (Fsp3) is 0.115. The summed E-state index contributed by atoms with van der Waals surface area (Å²) < 4.78 is 8.39. The van der Waals surface area contributed by atoms with Gasteiger partial charge in [0.15, 0.2) is 5.16 Å². The lowest BCUT2D eigenvalue weighted by Crippen LogP contribution is -2.25. The highest BCUT2D eigenvalue weighted by Gasteiger charge is 2.18. The van der Waals surface area contributed by atoms with Gasteiger partial charge in [0, 0.05) is 0 Å². The second kappa shape index (κ2) is 9.44. The van der Waals surface area contributed by atoms with Gasteiger partial charge in [-0.2, -0.15) is 5.26 Å². The summed E-state index contributed by atoms with van der Waals surface area (Å²) in [6.07, 6.45) is 0. The molecule has 2 heterocycles. The Bertz CT molecular complexity index is 1740. The van der Waals surface area contributed by atoms with Crippen molar-refractivity contribution in [3.8, 4) is 17.5 Å². The van der Waals surface area contributed by atoms with Crippen molar-refractivity contribution in [2.45, 2.75) is 17.5 Å². The van der Waals surface area contributed by atoms with Crippen molar-refractivity contribution in [3.63, 3.8) is 0 Å². The third-order valence-electron chi connectivity index (χ3n) is 5.57. The molecule has 35 heavy (non-hydrogen) atoms. The molecule has 172 valence electrons. The smallest absolute Gasteiger partial charge is 0.266 e. The Balaban J connectivity index is 1.67. The highest BCUT2D eigenvalue weighted by atomic mass is 32.2. The highest BCUT2D eigenvalue weighted by Crippen LogP contribution is 2.28. The van der Waals surface area contributed by atoms with Crippen LogP contribution in [0.25, 0.3) is 27.5 Å². The van der Waals surface area contributed by atoms with Gasteiger partial charge < -0.3 is 4.74 Å². The van der Waals surface area contributed by atoms with Crippen LogP contribution < -0.4 is 15.9 Å². The van der Waals surface area contributed by atoms with E-state index in [1.807, 2.05) is 30.3 Å². The van der Waals surface area contributed by atoms with Crippen molar-refractivity contribution in [3.05, 3.63) is 99.3 Å². The van der Waals surface area contributed by atoms with Crippen LogP contribution in [-0.2, 0) is 12.3 Å². The first kappa shape index (κ1) is 22.4. The van der Waals surface area contributed by atoms with Gasteiger partial charge in [0.2, 0.25) is 0 Å². The van der Waals surface area contributed by atoms with Crippen LogP contribution in [-0.4, -0.2) is 26.2 Å². The van der Waals surface area contributed by atoms with Gasteiger partial charge >= 0.3 is 0 Å². The summed E-state index contributed by atoms with van der Waals surface area (Å²) >= 11 is 1.27. The third-order valence-corrected chi connectivity index (χ3v) is 6.51. The summed E-state index contributed by atoms with van der Waals surface area (Å²) in [4.78, 5) is 36.0. The molecule has 0 radical (unpaired) electrons. The first-order valence-electron chi connectivity index (χ1n) is 10.8. The number of rotatable bonds is 6. The predicted octanol–water partition coefficient (Wildman–Crippen LogP) is 3.92. The number of aromatic nitrogens is 4. The molecule has 0 amide bonds. The van der Waals surface area contributed by atoms with Gasteiger partial charge in [-0.3, -0.25) is 18.7 Å². The maximum atomic E-state index is 13.6. The van der Waals surface area contributed by atoms with Crippen LogP contribution in [0.15, 0.2) is 87.5 Å². The largest absolute Gasteiger partial charge is 0.495 e. The molecule has 9 heteroatoms. The number of hydrogen-bond acceptors (Lipinski definition) is 7. The monoisotopic (exact) mass is 481 g/mol. The summed E-state index contributed by atoms with van der Waals surface area (Å²) in [5.41, 5.74) is 1.16. The second-order valence-corrected chi connectivity index (χ2v) is 8.55. The van der Waals surface area contributed by atoms with E-state index >= 15 is 0 Å². The molecule has 0 aliphatic heterocycles. The SMILES string of the molecule is COc1ccccc1-n1c(SCc2nc3ccccc3c(=O)n2CC#N)nc2ccccc2c1=O. The van der Waals surface area contributed by atoms with Crippen LogP contribution >= 0.6 is 11.8 Å². The van der Waals surface area contributed by atoms with Crippen LogP contribution in [0.2, 0.25) is 0 Å². The van der Waals surface area contributed by atoms with E-state index in [0.717, 1.165) is 0 Å². The van der Waals surface area contributed by atoms with E-state index in [-0.39, 0.29) is 23.4 Å². The molecule has 0 spiro atoms. The van der Waals surface area contributed by atoms with Crippen LogP contribution in [0.5, 0.6) is 5.75 Å². The lowest BCUT2D eigenvalue weighted by molar-refractivity contribution is 0.411. The maximum Gasteiger partial charge on any atom is 0.266 e. The quantitative estimate of drug-likeness (QED) is 0.267. The van der Waals surface area contributed by atoms with Crippen molar-refractivity contribution in [2.24, 2.45) is 0 Å². The molecule has 0 saturated carbocycles. The minimum absolute atomic E-state index is 0.128. The number of hydrogen-bond donors (Lipinski definition) is 0. The first-order chi connectivity index (χ1) is 17.1. The van der Waals surface area contributed by atoms with E-state index in [4.69, 9.17) is 9.72 Å². The van der Waals surface area contributed by atoms with Gasteiger partial charge in [-0.1, -0.05) is 48.2 Å². The number of fused-ring (bicyclic) bond motifs is 2. The molecule has 0 N–H and O–H groups in total. The van der Waals surface area contributed by atoms with Crippen LogP contribution in [0.3, 0.4) is 0 Å². The lowest BCUT2D eigenvalue weighted by Gasteiger charge is -2.16. The average molecular weight is 482 g/mol. The van der Waals surface area contributed by atoms with Gasteiger partial charge in [-0.05, 0) is 36.4 Å². The van der Waals surface area contributed by atoms with Crippen LogP contribution in [0, 0.1) is 11.3 Å². The normalized spacial score (nSPS) is 11.0. The zero-order valence-electron chi connectivity index (χ0n) is 18.7. The molecule has 0 saturated heterocycles. The number of ether oxygens (including phenoxy) is 1. The molecule has 5 aromatic rings. The van der Waals surface area contributed by atoms with E-state index in [2.05, 4.69) is 4.98 Å². The lowest BCUT2D eigenvalue weighted by atomic mass is 10.2.